The summed E-state index contributed by atoms with van der Waals surface area (Å²) in [6.07, 6.45) is 0. The van der Waals surface area contributed by atoms with Crippen molar-refractivity contribution in [2.24, 2.45) is 0 Å². The van der Waals surface area contributed by atoms with Gasteiger partial charge in [0, 0.05) is 30.8 Å². The van der Waals surface area contributed by atoms with E-state index in [1.54, 1.807) is 11.0 Å². The number of ether oxygens (including phenoxy) is 2. The van der Waals surface area contributed by atoms with Crippen LogP contribution in [0.1, 0.15) is 21.5 Å². The van der Waals surface area contributed by atoms with Gasteiger partial charge in [0.15, 0.2) is 11.5 Å². The molecule has 3 aromatic rings. The molecule has 7 heteroatoms. The summed E-state index contributed by atoms with van der Waals surface area (Å²) in [5.41, 5.74) is 2.01. The minimum Gasteiger partial charge on any atom is -0.454 e. The summed E-state index contributed by atoms with van der Waals surface area (Å²) < 4.78 is 10.8. The zero-order chi connectivity index (χ0) is 20.2. The second-order valence-corrected chi connectivity index (χ2v) is 6.64. The van der Waals surface area contributed by atoms with Crippen molar-refractivity contribution in [3.8, 4) is 11.5 Å². The van der Waals surface area contributed by atoms with Crippen molar-refractivity contribution in [3.05, 3.63) is 99.6 Å². The fourth-order valence-corrected chi connectivity index (χ4v) is 3.20. The number of amides is 1. The third-order valence-corrected chi connectivity index (χ3v) is 4.62. The highest BCUT2D eigenvalue weighted by Crippen LogP contribution is 2.33. The number of non-ortho nitro benzene ring substituents is 1. The second kappa shape index (κ2) is 8.02. The largest absolute Gasteiger partial charge is 0.454 e. The maximum Gasteiger partial charge on any atom is 0.270 e. The number of benzene rings is 3. The van der Waals surface area contributed by atoms with E-state index in [-0.39, 0.29) is 24.0 Å². The maximum atomic E-state index is 13.2. The fourth-order valence-electron chi connectivity index (χ4n) is 3.20. The maximum absolute atomic E-state index is 13.2. The van der Waals surface area contributed by atoms with Crippen molar-refractivity contribution >= 4 is 11.6 Å². The molecule has 0 bridgehead atoms. The Hall–Kier alpha value is -3.87. The number of rotatable bonds is 6. The molecule has 1 aliphatic rings. The molecule has 1 aliphatic heterocycles. The van der Waals surface area contributed by atoms with Gasteiger partial charge in [-0.1, -0.05) is 42.5 Å². The van der Waals surface area contributed by atoms with E-state index in [0.29, 0.717) is 24.6 Å². The number of hydrogen-bond donors (Lipinski definition) is 0. The van der Waals surface area contributed by atoms with Crippen molar-refractivity contribution in [2.75, 3.05) is 6.79 Å². The molecule has 0 N–H and O–H groups in total. The van der Waals surface area contributed by atoms with Gasteiger partial charge >= 0.3 is 0 Å². The molecule has 29 heavy (non-hydrogen) atoms. The average Bonchev–Trinajstić information content (AvgIpc) is 3.21. The van der Waals surface area contributed by atoms with Crippen molar-refractivity contribution in [1.82, 2.24) is 4.90 Å². The first-order valence-electron chi connectivity index (χ1n) is 9.06. The lowest BCUT2D eigenvalue weighted by molar-refractivity contribution is -0.384. The van der Waals surface area contributed by atoms with Crippen LogP contribution in [-0.2, 0) is 13.1 Å². The number of hydrogen-bond acceptors (Lipinski definition) is 5. The van der Waals surface area contributed by atoms with Crippen LogP contribution < -0.4 is 9.47 Å². The number of fused-ring (bicyclic) bond motifs is 1. The van der Waals surface area contributed by atoms with Gasteiger partial charge < -0.3 is 14.4 Å². The van der Waals surface area contributed by atoms with Crippen molar-refractivity contribution in [2.45, 2.75) is 13.1 Å². The Balaban J connectivity index is 1.63. The third-order valence-electron chi connectivity index (χ3n) is 4.62. The molecule has 0 radical (unpaired) electrons. The van der Waals surface area contributed by atoms with Crippen LogP contribution in [0.25, 0.3) is 0 Å². The highest BCUT2D eigenvalue weighted by atomic mass is 16.7. The predicted octanol–water partition coefficient (Wildman–Crippen LogP) is 4.17. The molecule has 0 unspecified atom stereocenters. The number of nitrogens with zero attached hydrogens (tertiary/aromatic N) is 2. The summed E-state index contributed by atoms with van der Waals surface area (Å²) >= 11 is 0. The minimum atomic E-state index is -0.504. The van der Waals surface area contributed by atoms with Gasteiger partial charge in [0.2, 0.25) is 6.79 Å². The normalized spacial score (nSPS) is 11.9. The molecule has 7 nitrogen and oxygen atoms in total. The molecule has 0 aromatic heterocycles. The molecule has 0 fully saturated rings. The van der Waals surface area contributed by atoms with Gasteiger partial charge in [-0.3, -0.25) is 14.9 Å². The molecule has 0 spiro atoms. The first-order chi connectivity index (χ1) is 14.1. The summed E-state index contributed by atoms with van der Waals surface area (Å²) in [5.74, 6) is 1.04. The van der Waals surface area contributed by atoms with E-state index in [0.717, 1.165) is 11.1 Å². The molecular weight excluding hydrogens is 372 g/mol. The molecule has 4 rings (SSSR count). The molecule has 1 amide bonds. The quantitative estimate of drug-likeness (QED) is 0.466. The van der Waals surface area contributed by atoms with Crippen LogP contribution in [0.3, 0.4) is 0 Å². The van der Waals surface area contributed by atoms with Crippen LogP contribution in [0.15, 0.2) is 72.8 Å². The monoisotopic (exact) mass is 390 g/mol. The molecule has 0 saturated carbocycles. The molecule has 3 aromatic carbocycles. The van der Waals surface area contributed by atoms with Crippen LogP contribution in [0.5, 0.6) is 11.5 Å². The molecule has 0 aliphatic carbocycles. The van der Waals surface area contributed by atoms with Crippen molar-refractivity contribution < 1.29 is 19.2 Å². The van der Waals surface area contributed by atoms with Crippen LogP contribution in [-0.4, -0.2) is 22.5 Å². The molecule has 146 valence electrons. The Labute approximate surface area is 167 Å². The fraction of sp³-hybridized carbons (Fsp3) is 0.136. The standard InChI is InChI=1S/C22H18N2O5/c25-22(18-7-4-8-19(12-18)24(26)27)23(13-16-5-2-1-3-6-16)14-17-9-10-20-21(11-17)29-15-28-20/h1-12H,13-15H2. The number of carbonyl (C=O) groups is 1. The third kappa shape index (κ3) is 4.19. The van der Waals surface area contributed by atoms with Crippen LogP contribution >= 0.6 is 0 Å². The van der Waals surface area contributed by atoms with Crippen LogP contribution in [0, 0.1) is 10.1 Å². The van der Waals surface area contributed by atoms with E-state index in [4.69, 9.17) is 9.47 Å². The van der Waals surface area contributed by atoms with Gasteiger partial charge in [0.05, 0.1) is 4.92 Å². The lowest BCUT2D eigenvalue weighted by Crippen LogP contribution is -2.30. The topological polar surface area (TPSA) is 81.9 Å². The Morgan fingerprint density at radius 3 is 2.45 bits per heavy atom. The van der Waals surface area contributed by atoms with E-state index in [1.165, 1.54) is 18.2 Å². The molecule has 0 saturated heterocycles. The molecular formula is C22H18N2O5. The van der Waals surface area contributed by atoms with Gasteiger partial charge in [-0.15, -0.1) is 0 Å². The SMILES string of the molecule is O=C(c1cccc([N+](=O)[O-])c1)N(Cc1ccccc1)Cc1ccc2c(c1)OCO2. The number of nitro groups is 1. The first-order valence-corrected chi connectivity index (χ1v) is 9.06. The number of carbonyl (C=O) groups excluding carboxylic acids is 1. The zero-order valence-corrected chi connectivity index (χ0v) is 15.5. The summed E-state index contributed by atoms with van der Waals surface area (Å²) in [4.78, 5) is 25.5. The van der Waals surface area contributed by atoms with Gasteiger partial charge in [0.25, 0.3) is 11.6 Å². The highest BCUT2D eigenvalue weighted by Gasteiger charge is 2.21. The van der Waals surface area contributed by atoms with Gasteiger partial charge in [-0.25, -0.2) is 0 Å². The molecule has 0 atom stereocenters. The van der Waals surface area contributed by atoms with E-state index < -0.39 is 4.92 Å². The van der Waals surface area contributed by atoms with E-state index >= 15 is 0 Å². The summed E-state index contributed by atoms with van der Waals surface area (Å²) in [7, 11) is 0. The number of nitro benzene ring substituents is 1. The lowest BCUT2D eigenvalue weighted by atomic mass is 10.1. The first kappa shape index (κ1) is 18.5. The second-order valence-electron chi connectivity index (χ2n) is 6.64. The smallest absolute Gasteiger partial charge is 0.270 e. The Bertz CT molecular complexity index is 1050. The van der Waals surface area contributed by atoms with Crippen molar-refractivity contribution in [3.63, 3.8) is 0 Å². The Kier molecular flexibility index (Phi) is 5.11. The summed E-state index contributed by atoms with van der Waals surface area (Å²) in [6, 6.07) is 20.9. The highest BCUT2D eigenvalue weighted by molar-refractivity contribution is 5.94. The zero-order valence-electron chi connectivity index (χ0n) is 15.5. The van der Waals surface area contributed by atoms with E-state index in [2.05, 4.69) is 0 Å². The minimum absolute atomic E-state index is 0.112. The summed E-state index contributed by atoms with van der Waals surface area (Å²) in [6.45, 7) is 0.878. The van der Waals surface area contributed by atoms with E-state index in [9.17, 15) is 14.9 Å². The molecule has 1 heterocycles. The summed E-state index contributed by atoms with van der Waals surface area (Å²) in [5, 5.41) is 11.1. The predicted molar refractivity (Wildman–Crippen MR) is 106 cm³/mol. The van der Waals surface area contributed by atoms with Crippen molar-refractivity contribution in [1.29, 1.82) is 0 Å². The van der Waals surface area contributed by atoms with Crippen LogP contribution in [0.4, 0.5) is 5.69 Å². The average molecular weight is 390 g/mol. The van der Waals surface area contributed by atoms with Gasteiger partial charge in [0.1, 0.15) is 0 Å². The van der Waals surface area contributed by atoms with Gasteiger partial charge in [-0.05, 0) is 29.3 Å². The Morgan fingerprint density at radius 2 is 1.66 bits per heavy atom. The van der Waals surface area contributed by atoms with Gasteiger partial charge in [-0.2, -0.15) is 0 Å². The van der Waals surface area contributed by atoms with Crippen LogP contribution in [0.2, 0.25) is 0 Å². The van der Waals surface area contributed by atoms with E-state index in [1.807, 2.05) is 48.5 Å². The Morgan fingerprint density at radius 1 is 0.897 bits per heavy atom. The lowest BCUT2D eigenvalue weighted by Gasteiger charge is -2.23.